The molecule has 31 heavy (non-hydrogen) atoms. The van der Waals surface area contributed by atoms with Crippen molar-refractivity contribution in [3.8, 4) is 11.3 Å². The predicted molar refractivity (Wildman–Crippen MR) is 116 cm³/mol. The Morgan fingerprint density at radius 3 is 2.71 bits per heavy atom. The molecule has 2 aliphatic rings. The molecule has 0 radical (unpaired) electrons. The minimum Gasteiger partial charge on any atom is -0.447 e. The van der Waals surface area contributed by atoms with E-state index in [4.69, 9.17) is 20.9 Å². The molecule has 5 rings (SSSR count). The molecule has 1 aliphatic carbocycles. The summed E-state index contributed by atoms with van der Waals surface area (Å²) in [4.78, 5) is 23.1. The maximum Gasteiger partial charge on any atom is 0.415 e. The first-order chi connectivity index (χ1) is 15.0. The average Bonchev–Trinajstić information content (AvgIpc) is 3.32. The van der Waals surface area contributed by atoms with Crippen LogP contribution in [0, 0.1) is 12.8 Å². The number of carbonyl (C=O) groups excluding carboxylic acids is 1. The lowest BCUT2D eigenvalue weighted by Gasteiger charge is -2.21. The Bertz CT molecular complexity index is 1110. The van der Waals surface area contributed by atoms with E-state index in [-0.39, 0.29) is 18.2 Å². The minimum atomic E-state index is -0.349. The van der Waals surface area contributed by atoms with Gasteiger partial charge in [-0.2, -0.15) is 4.98 Å². The normalized spacial score (nSPS) is 19.4. The highest BCUT2D eigenvalue weighted by atomic mass is 35.5. The summed E-state index contributed by atoms with van der Waals surface area (Å²) in [6.45, 7) is 4.24. The average molecular weight is 440 g/mol. The molecule has 1 aliphatic heterocycles. The Morgan fingerprint density at radius 2 is 1.97 bits per heavy atom. The van der Waals surface area contributed by atoms with E-state index in [1.807, 2.05) is 38.1 Å². The van der Waals surface area contributed by atoms with E-state index in [1.165, 1.54) is 0 Å². The standard InChI is InChI=1S/C22H22ClN5O3/c1-12-9-20(28-18(14-3-4-14)11-30-22(28)29)26-21(24-12)25-13(2)17-10-19(31-27-17)15-5-7-16(23)8-6-15/h5-10,13-14,18H,3-4,11H2,1-2H3,(H,24,25,26)/t13-,18?/m0/s1. The molecular formula is C22H22ClN5O3. The number of amides is 1. The van der Waals surface area contributed by atoms with E-state index >= 15 is 0 Å². The van der Waals surface area contributed by atoms with Crippen molar-refractivity contribution >= 4 is 29.5 Å². The van der Waals surface area contributed by atoms with Crippen molar-refractivity contribution in [1.82, 2.24) is 15.1 Å². The van der Waals surface area contributed by atoms with E-state index in [0.29, 0.717) is 40.8 Å². The molecule has 160 valence electrons. The van der Waals surface area contributed by atoms with Gasteiger partial charge >= 0.3 is 6.09 Å². The molecule has 2 atom stereocenters. The number of anilines is 2. The summed E-state index contributed by atoms with van der Waals surface area (Å²) >= 11 is 5.95. The molecule has 3 heterocycles. The molecule has 1 saturated carbocycles. The van der Waals surface area contributed by atoms with Crippen LogP contribution < -0.4 is 10.2 Å². The SMILES string of the molecule is Cc1cc(N2C(=O)OCC2C2CC2)nc(N[C@@H](C)c2cc(-c3ccc(Cl)cc3)on2)n1. The monoisotopic (exact) mass is 439 g/mol. The second-order valence-corrected chi connectivity index (χ2v) is 8.47. The molecule has 2 fully saturated rings. The summed E-state index contributed by atoms with van der Waals surface area (Å²) < 4.78 is 10.8. The zero-order valence-electron chi connectivity index (χ0n) is 17.2. The first-order valence-electron chi connectivity index (χ1n) is 10.3. The number of nitrogens with one attached hydrogen (secondary N) is 1. The third-order valence-corrected chi connectivity index (χ3v) is 5.86. The molecule has 9 heteroatoms. The highest BCUT2D eigenvalue weighted by Crippen LogP contribution is 2.39. The lowest BCUT2D eigenvalue weighted by atomic mass is 10.1. The van der Waals surface area contributed by atoms with Crippen LogP contribution in [-0.4, -0.2) is 33.9 Å². The summed E-state index contributed by atoms with van der Waals surface area (Å²) in [6.07, 6.45) is 1.89. The van der Waals surface area contributed by atoms with Gasteiger partial charge in [-0.3, -0.25) is 4.90 Å². The molecule has 8 nitrogen and oxygen atoms in total. The van der Waals surface area contributed by atoms with E-state index < -0.39 is 0 Å². The van der Waals surface area contributed by atoms with Crippen LogP contribution in [0.5, 0.6) is 0 Å². The topological polar surface area (TPSA) is 93.4 Å². The van der Waals surface area contributed by atoms with Crippen molar-refractivity contribution in [3.63, 3.8) is 0 Å². The van der Waals surface area contributed by atoms with Crippen molar-refractivity contribution in [1.29, 1.82) is 0 Å². The number of rotatable bonds is 6. The van der Waals surface area contributed by atoms with E-state index in [2.05, 4.69) is 20.4 Å². The third kappa shape index (κ3) is 4.07. The molecular weight excluding hydrogens is 418 g/mol. The molecule has 1 saturated heterocycles. The first-order valence-corrected chi connectivity index (χ1v) is 10.7. The molecule has 3 aromatic rings. The smallest absolute Gasteiger partial charge is 0.415 e. The number of carbonyl (C=O) groups is 1. The number of nitrogens with zero attached hydrogens (tertiary/aromatic N) is 4. The molecule has 0 spiro atoms. The quantitative estimate of drug-likeness (QED) is 0.577. The highest BCUT2D eigenvalue weighted by molar-refractivity contribution is 6.30. The van der Waals surface area contributed by atoms with Crippen molar-refractivity contribution in [2.24, 2.45) is 5.92 Å². The number of aromatic nitrogens is 3. The summed E-state index contributed by atoms with van der Waals surface area (Å²) in [5.74, 6) is 2.12. The van der Waals surface area contributed by atoms with Crippen molar-refractivity contribution < 1.29 is 14.1 Å². The number of hydrogen-bond donors (Lipinski definition) is 1. The molecule has 1 N–H and O–H groups in total. The van der Waals surface area contributed by atoms with Gasteiger partial charge in [0, 0.05) is 28.4 Å². The Balaban J connectivity index is 1.35. The van der Waals surface area contributed by atoms with Crippen LogP contribution >= 0.6 is 11.6 Å². The van der Waals surface area contributed by atoms with Gasteiger partial charge in [-0.1, -0.05) is 16.8 Å². The maximum absolute atomic E-state index is 12.3. The zero-order valence-corrected chi connectivity index (χ0v) is 18.0. The van der Waals surface area contributed by atoms with Crippen LogP contribution in [-0.2, 0) is 4.74 Å². The Morgan fingerprint density at radius 1 is 1.19 bits per heavy atom. The van der Waals surface area contributed by atoms with Gasteiger partial charge in [-0.25, -0.2) is 9.78 Å². The lowest BCUT2D eigenvalue weighted by molar-refractivity contribution is 0.178. The minimum absolute atomic E-state index is 0.0459. The van der Waals surface area contributed by atoms with Crippen molar-refractivity contribution in [3.05, 3.63) is 52.8 Å². The summed E-state index contributed by atoms with van der Waals surface area (Å²) in [5.41, 5.74) is 2.37. The van der Waals surface area contributed by atoms with Gasteiger partial charge in [-0.15, -0.1) is 0 Å². The molecule has 1 unspecified atom stereocenters. The number of benzene rings is 1. The van der Waals surface area contributed by atoms with Gasteiger partial charge < -0.3 is 14.6 Å². The zero-order chi connectivity index (χ0) is 21.5. The number of aryl methyl sites for hydroxylation is 1. The summed E-state index contributed by atoms with van der Waals surface area (Å²) in [7, 11) is 0. The van der Waals surface area contributed by atoms with E-state index in [1.54, 1.807) is 17.0 Å². The second kappa shape index (κ2) is 7.85. The number of ether oxygens (including phenoxy) is 1. The van der Waals surface area contributed by atoms with Crippen LogP contribution in [0.25, 0.3) is 11.3 Å². The third-order valence-electron chi connectivity index (χ3n) is 5.61. The van der Waals surface area contributed by atoms with Crippen LogP contribution in [0.2, 0.25) is 5.02 Å². The molecule has 0 bridgehead atoms. The largest absolute Gasteiger partial charge is 0.447 e. The van der Waals surface area contributed by atoms with Gasteiger partial charge in [0.15, 0.2) is 5.76 Å². The van der Waals surface area contributed by atoms with Gasteiger partial charge in [0.1, 0.15) is 18.1 Å². The van der Waals surface area contributed by atoms with Gasteiger partial charge in [0.2, 0.25) is 5.95 Å². The molecule has 2 aromatic heterocycles. The van der Waals surface area contributed by atoms with Crippen LogP contribution in [0.15, 0.2) is 40.9 Å². The van der Waals surface area contributed by atoms with Gasteiger partial charge in [0.25, 0.3) is 0 Å². The molecule has 1 aromatic carbocycles. The maximum atomic E-state index is 12.3. The Hall–Kier alpha value is -3.13. The van der Waals surface area contributed by atoms with Crippen molar-refractivity contribution in [2.75, 3.05) is 16.8 Å². The summed E-state index contributed by atoms with van der Waals surface area (Å²) in [5, 5.41) is 8.11. The number of hydrogen-bond acceptors (Lipinski definition) is 7. The lowest BCUT2D eigenvalue weighted by Crippen LogP contribution is -2.36. The van der Waals surface area contributed by atoms with Crippen LogP contribution in [0.4, 0.5) is 16.6 Å². The van der Waals surface area contributed by atoms with Gasteiger partial charge in [0.05, 0.1) is 12.1 Å². The van der Waals surface area contributed by atoms with E-state index in [0.717, 1.165) is 24.1 Å². The first kappa shape index (κ1) is 19.8. The van der Waals surface area contributed by atoms with E-state index in [9.17, 15) is 4.79 Å². The fourth-order valence-corrected chi connectivity index (χ4v) is 3.90. The number of halogens is 1. The van der Waals surface area contributed by atoms with Gasteiger partial charge in [-0.05, 0) is 56.9 Å². The van der Waals surface area contributed by atoms with Crippen LogP contribution in [0.3, 0.4) is 0 Å². The predicted octanol–water partition coefficient (Wildman–Crippen LogP) is 5.00. The fourth-order valence-electron chi connectivity index (χ4n) is 3.78. The second-order valence-electron chi connectivity index (χ2n) is 8.03. The van der Waals surface area contributed by atoms with Crippen LogP contribution in [0.1, 0.15) is 37.2 Å². The fraction of sp³-hybridized carbons (Fsp3) is 0.364. The Kier molecular flexibility index (Phi) is 5.02. The highest BCUT2D eigenvalue weighted by Gasteiger charge is 2.44. The molecule has 1 amide bonds. The Labute approximate surface area is 184 Å². The summed E-state index contributed by atoms with van der Waals surface area (Å²) in [6, 6.07) is 10.9. The number of cyclic esters (lactones) is 1. The van der Waals surface area contributed by atoms with Crippen molar-refractivity contribution in [2.45, 2.75) is 38.8 Å².